The summed E-state index contributed by atoms with van der Waals surface area (Å²) in [7, 11) is -1.38. The Balaban J connectivity index is 2.31. The summed E-state index contributed by atoms with van der Waals surface area (Å²) in [6, 6.07) is 7.50. The lowest BCUT2D eigenvalue weighted by Gasteiger charge is -2.21. The van der Waals surface area contributed by atoms with Gasteiger partial charge < -0.3 is 5.32 Å². The highest BCUT2D eigenvalue weighted by Gasteiger charge is 2.37. The first kappa shape index (κ1) is 15.5. The van der Waals surface area contributed by atoms with Gasteiger partial charge in [0.15, 0.2) is 9.84 Å². The van der Waals surface area contributed by atoms with Crippen molar-refractivity contribution in [2.24, 2.45) is 0 Å². The van der Waals surface area contributed by atoms with Crippen molar-refractivity contribution in [1.82, 2.24) is 5.32 Å². The van der Waals surface area contributed by atoms with Gasteiger partial charge in [0, 0.05) is 6.04 Å². The largest absolute Gasteiger partial charge is 0.316 e. The number of nitrogens with one attached hydrogen (secondary N) is 1. The van der Waals surface area contributed by atoms with Crippen LogP contribution in [0.25, 0.3) is 0 Å². The van der Waals surface area contributed by atoms with Crippen LogP contribution in [0.4, 0.5) is 0 Å². The number of hydrogen-bond donors (Lipinski definition) is 1. The van der Waals surface area contributed by atoms with E-state index in [1.807, 2.05) is 19.2 Å². The van der Waals surface area contributed by atoms with Gasteiger partial charge in [-0.3, -0.25) is 0 Å². The van der Waals surface area contributed by atoms with Gasteiger partial charge in [-0.2, -0.15) is 0 Å². The molecule has 2 rings (SSSR count). The third-order valence-corrected chi connectivity index (χ3v) is 6.56. The summed E-state index contributed by atoms with van der Waals surface area (Å²) >= 11 is 0. The van der Waals surface area contributed by atoms with Gasteiger partial charge in [0.25, 0.3) is 0 Å². The molecule has 1 fully saturated rings. The molecule has 0 aliphatic heterocycles. The van der Waals surface area contributed by atoms with E-state index in [9.17, 15) is 8.42 Å². The van der Waals surface area contributed by atoms with Crippen molar-refractivity contribution in [3.05, 3.63) is 29.8 Å². The van der Waals surface area contributed by atoms with Crippen molar-refractivity contribution in [1.29, 1.82) is 0 Å². The van der Waals surface area contributed by atoms with Crippen molar-refractivity contribution in [2.75, 3.05) is 7.05 Å². The molecule has 0 amide bonds. The van der Waals surface area contributed by atoms with Crippen molar-refractivity contribution >= 4 is 9.84 Å². The maximum absolute atomic E-state index is 12.7. The Labute approximate surface area is 122 Å². The summed E-state index contributed by atoms with van der Waals surface area (Å²) in [4.78, 5) is 0.456. The number of rotatable bonds is 3. The molecule has 0 aromatic heterocycles. The van der Waals surface area contributed by atoms with Gasteiger partial charge in [-0.05, 0) is 43.0 Å². The fourth-order valence-electron chi connectivity index (χ4n) is 2.95. The molecule has 1 aromatic carbocycles. The summed E-state index contributed by atoms with van der Waals surface area (Å²) in [6.45, 7) is 6.39. The Morgan fingerprint density at radius 3 is 2.20 bits per heavy atom. The second-order valence-electron chi connectivity index (χ2n) is 6.68. The molecular weight excluding hydrogens is 270 g/mol. The van der Waals surface area contributed by atoms with Gasteiger partial charge in [0.1, 0.15) is 0 Å². The summed E-state index contributed by atoms with van der Waals surface area (Å²) in [5, 5.41) is 2.86. The van der Waals surface area contributed by atoms with E-state index in [-0.39, 0.29) is 16.7 Å². The Kier molecular flexibility index (Phi) is 4.26. The van der Waals surface area contributed by atoms with Crippen molar-refractivity contribution < 1.29 is 8.42 Å². The fourth-order valence-corrected chi connectivity index (χ4v) is 4.99. The van der Waals surface area contributed by atoms with Crippen LogP contribution in [0.3, 0.4) is 0 Å². The lowest BCUT2D eigenvalue weighted by atomic mass is 9.87. The van der Waals surface area contributed by atoms with Gasteiger partial charge >= 0.3 is 0 Å². The highest BCUT2D eigenvalue weighted by molar-refractivity contribution is 7.92. The van der Waals surface area contributed by atoms with Crippen LogP contribution >= 0.6 is 0 Å². The Morgan fingerprint density at radius 1 is 1.10 bits per heavy atom. The average Bonchev–Trinajstić information content (AvgIpc) is 2.87. The smallest absolute Gasteiger partial charge is 0.182 e. The van der Waals surface area contributed by atoms with Gasteiger partial charge in [0.05, 0.1) is 10.1 Å². The van der Waals surface area contributed by atoms with Crippen LogP contribution in [-0.4, -0.2) is 26.8 Å². The molecule has 112 valence electrons. The zero-order valence-corrected chi connectivity index (χ0v) is 13.6. The predicted molar refractivity (Wildman–Crippen MR) is 82.8 cm³/mol. The van der Waals surface area contributed by atoms with E-state index >= 15 is 0 Å². The molecule has 1 aromatic rings. The Hall–Kier alpha value is -0.870. The van der Waals surface area contributed by atoms with E-state index < -0.39 is 9.84 Å². The molecule has 1 saturated carbocycles. The van der Waals surface area contributed by atoms with Crippen LogP contribution < -0.4 is 5.32 Å². The molecule has 1 N–H and O–H groups in total. The topological polar surface area (TPSA) is 46.2 Å². The van der Waals surface area contributed by atoms with E-state index in [4.69, 9.17) is 0 Å². The lowest BCUT2D eigenvalue weighted by molar-refractivity contribution is 0.537. The number of hydrogen-bond acceptors (Lipinski definition) is 3. The third kappa shape index (κ3) is 2.91. The second-order valence-corrected chi connectivity index (χ2v) is 8.85. The summed E-state index contributed by atoms with van der Waals surface area (Å²) in [6.07, 6.45) is 2.69. The second kappa shape index (κ2) is 5.49. The molecule has 0 radical (unpaired) electrons. The maximum Gasteiger partial charge on any atom is 0.182 e. The molecule has 2 atom stereocenters. The average molecular weight is 295 g/mol. The molecule has 0 heterocycles. The van der Waals surface area contributed by atoms with Crippen molar-refractivity contribution in [3.63, 3.8) is 0 Å². The van der Waals surface area contributed by atoms with Crippen LogP contribution in [0.1, 0.15) is 45.6 Å². The molecule has 1 aliphatic carbocycles. The first-order chi connectivity index (χ1) is 9.26. The van der Waals surface area contributed by atoms with E-state index in [2.05, 4.69) is 26.1 Å². The zero-order valence-electron chi connectivity index (χ0n) is 12.8. The molecule has 3 nitrogen and oxygen atoms in total. The lowest BCUT2D eigenvalue weighted by Crippen LogP contribution is -2.38. The van der Waals surface area contributed by atoms with Crippen LogP contribution in [0, 0.1) is 0 Å². The minimum absolute atomic E-state index is 0.0448. The van der Waals surface area contributed by atoms with Crippen LogP contribution in [-0.2, 0) is 15.3 Å². The van der Waals surface area contributed by atoms with Crippen molar-refractivity contribution in [2.45, 2.75) is 61.6 Å². The molecular formula is C16H25NO2S. The summed E-state index contributed by atoms with van der Waals surface area (Å²) < 4.78 is 25.4. The quantitative estimate of drug-likeness (QED) is 0.932. The first-order valence-electron chi connectivity index (χ1n) is 7.28. The van der Waals surface area contributed by atoms with E-state index in [0.29, 0.717) is 4.90 Å². The normalized spacial score (nSPS) is 24.0. The fraction of sp³-hybridized carbons (Fsp3) is 0.625. The number of sulfone groups is 1. The monoisotopic (exact) mass is 295 g/mol. The Morgan fingerprint density at radius 2 is 1.70 bits per heavy atom. The molecule has 2 unspecified atom stereocenters. The highest BCUT2D eigenvalue weighted by Crippen LogP contribution is 2.31. The molecule has 20 heavy (non-hydrogen) atoms. The van der Waals surface area contributed by atoms with Gasteiger partial charge in [0.2, 0.25) is 0 Å². The summed E-state index contributed by atoms with van der Waals surface area (Å²) in [5.41, 5.74) is 1.21. The molecule has 4 heteroatoms. The standard InChI is InChI=1S/C16H25NO2S/c1-16(2,3)12-8-10-13(11-9-12)20(18,19)15-7-5-6-14(15)17-4/h8-11,14-15,17H,5-7H2,1-4H3. The zero-order chi connectivity index (χ0) is 15.0. The Bertz CT molecular complexity index is 555. The van der Waals surface area contributed by atoms with E-state index in [1.54, 1.807) is 12.1 Å². The van der Waals surface area contributed by atoms with Crippen LogP contribution in [0.15, 0.2) is 29.2 Å². The summed E-state index contributed by atoms with van der Waals surface area (Å²) in [5.74, 6) is 0. The van der Waals surface area contributed by atoms with E-state index in [0.717, 1.165) is 24.8 Å². The molecule has 0 spiro atoms. The van der Waals surface area contributed by atoms with Gasteiger partial charge in [-0.25, -0.2) is 8.42 Å². The van der Waals surface area contributed by atoms with Gasteiger partial charge in [-0.1, -0.05) is 39.3 Å². The first-order valence-corrected chi connectivity index (χ1v) is 8.83. The van der Waals surface area contributed by atoms with Crippen molar-refractivity contribution in [3.8, 4) is 0 Å². The minimum atomic E-state index is -3.22. The van der Waals surface area contributed by atoms with Gasteiger partial charge in [-0.15, -0.1) is 0 Å². The highest BCUT2D eigenvalue weighted by atomic mass is 32.2. The SMILES string of the molecule is CNC1CCCC1S(=O)(=O)c1ccc(C(C)(C)C)cc1. The molecule has 0 saturated heterocycles. The van der Waals surface area contributed by atoms with Crippen LogP contribution in [0.5, 0.6) is 0 Å². The predicted octanol–water partition coefficient (Wildman–Crippen LogP) is 2.90. The number of benzene rings is 1. The maximum atomic E-state index is 12.7. The minimum Gasteiger partial charge on any atom is -0.316 e. The third-order valence-electron chi connectivity index (χ3n) is 4.27. The molecule has 0 bridgehead atoms. The van der Waals surface area contributed by atoms with Crippen LogP contribution in [0.2, 0.25) is 0 Å². The van der Waals surface area contributed by atoms with E-state index in [1.165, 1.54) is 0 Å². The molecule has 1 aliphatic rings.